The number of benzene rings is 1. The standard InChI is InChI=1S/C14H17ClN4OS/c15-12-6-4-11(5-7-12)2-1-3-13(20)16-8-9-21-14-10-17-19-18-14/h4-7,10H,1-3,8-9H2,(H,16,20)(H,17,18,19). The first-order chi connectivity index (χ1) is 10.2. The minimum atomic E-state index is 0.0877. The lowest BCUT2D eigenvalue weighted by Gasteiger charge is -2.04. The molecule has 0 aliphatic heterocycles. The first-order valence-electron chi connectivity index (χ1n) is 6.74. The van der Waals surface area contributed by atoms with Gasteiger partial charge < -0.3 is 5.32 Å². The molecule has 5 nitrogen and oxygen atoms in total. The molecule has 1 heterocycles. The Labute approximate surface area is 132 Å². The van der Waals surface area contributed by atoms with Gasteiger partial charge in [0.1, 0.15) is 5.03 Å². The summed E-state index contributed by atoms with van der Waals surface area (Å²) in [6, 6.07) is 7.74. The normalized spacial score (nSPS) is 10.5. The van der Waals surface area contributed by atoms with Gasteiger partial charge in [-0.3, -0.25) is 4.79 Å². The van der Waals surface area contributed by atoms with E-state index in [0.29, 0.717) is 13.0 Å². The van der Waals surface area contributed by atoms with E-state index in [1.807, 2.05) is 24.3 Å². The molecule has 0 bridgehead atoms. The number of rotatable bonds is 8. The Hall–Kier alpha value is -1.53. The quantitative estimate of drug-likeness (QED) is 0.578. The molecule has 0 radical (unpaired) electrons. The number of carbonyl (C=O) groups excluding carboxylic acids is 1. The van der Waals surface area contributed by atoms with Crippen molar-refractivity contribution in [3.8, 4) is 0 Å². The van der Waals surface area contributed by atoms with Crippen molar-refractivity contribution in [2.75, 3.05) is 12.3 Å². The summed E-state index contributed by atoms with van der Waals surface area (Å²) in [5.74, 6) is 0.875. The summed E-state index contributed by atoms with van der Waals surface area (Å²) in [6.07, 6.45) is 3.93. The molecule has 1 amide bonds. The summed E-state index contributed by atoms with van der Waals surface area (Å²) >= 11 is 7.39. The van der Waals surface area contributed by atoms with Crippen molar-refractivity contribution in [3.05, 3.63) is 41.0 Å². The minimum absolute atomic E-state index is 0.0877. The van der Waals surface area contributed by atoms with Crippen LogP contribution in [0.3, 0.4) is 0 Å². The van der Waals surface area contributed by atoms with Gasteiger partial charge in [0.15, 0.2) is 0 Å². The Morgan fingerprint density at radius 2 is 2.14 bits per heavy atom. The lowest BCUT2D eigenvalue weighted by Crippen LogP contribution is -2.25. The molecule has 112 valence electrons. The second kappa shape index (κ2) is 8.69. The SMILES string of the molecule is O=C(CCCc1ccc(Cl)cc1)NCCSc1cn[nH]n1. The first-order valence-corrected chi connectivity index (χ1v) is 8.10. The molecule has 0 aliphatic rings. The van der Waals surface area contributed by atoms with Crippen LogP contribution in [0.25, 0.3) is 0 Å². The van der Waals surface area contributed by atoms with Gasteiger partial charge in [-0.1, -0.05) is 23.7 Å². The minimum Gasteiger partial charge on any atom is -0.355 e. The number of aryl methyl sites for hydroxylation is 1. The van der Waals surface area contributed by atoms with Crippen molar-refractivity contribution < 1.29 is 4.79 Å². The molecule has 21 heavy (non-hydrogen) atoms. The lowest BCUT2D eigenvalue weighted by atomic mass is 10.1. The molecule has 2 aromatic rings. The van der Waals surface area contributed by atoms with Gasteiger partial charge in [-0.2, -0.15) is 10.3 Å². The van der Waals surface area contributed by atoms with E-state index in [1.54, 1.807) is 18.0 Å². The molecular formula is C14H17ClN4OS. The first kappa shape index (κ1) is 15.9. The molecule has 1 aromatic heterocycles. The molecule has 0 atom stereocenters. The van der Waals surface area contributed by atoms with Crippen LogP contribution in [-0.2, 0) is 11.2 Å². The van der Waals surface area contributed by atoms with E-state index in [0.717, 1.165) is 28.6 Å². The second-order valence-corrected chi connectivity index (χ2v) is 6.04. The monoisotopic (exact) mass is 324 g/mol. The van der Waals surface area contributed by atoms with E-state index in [2.05, 4.69) is 20.7 Å². The molecule has 0 aliphatic carbocycles. The van der Waals surface area contributed by atoms with E-state index in [-0.39, 0.29) is 5.91 Å². The van der Waals surface area contributed by atoms with Crippen LogP contribution in [0.15, 0.2) is 35.5 Å². The molecule has 0 saturated carbocycles. The Kier molecular flexibility index (Phi) is 6.56. The zero-order valence-corrected chi connectivity index (χ0v) is 13.1. The van der Waals surface area contributed by atoms with E-state index in [1.165, 1.54) is 5.56 Å². The van der Waals surface area contributed by atoms with Crippen molar-refractivity contribution in [1.82, 2.24) is 20.7 Å². The summed E-state index contributed by atoms with van der Waals surface area (Å²) < 4.78 is 0. The van der Waals surface area contributed by atoms with Crippen LogP contribution in [0.2, 0.25) is 5.02 Å². The third-order valence-corrected chi connectivity index (χ3v) is 4.00. The fourth-order valence-electron chi connectivity index (χ4n) is 1.80. The Morgan fingerprint density at radius 3 is 2.86 bits per heavy atom. The maximum Gasteiger partial charge on any atom is 0.220 e. The molecule has 0 spiro atoms. The van der Waals surface area contributed by atoms with Crippen LogP contribution in [0.5, 0.6) is 0 Å². The highest BCUT2D eigenvalue weighted by Crippen LogP contribution is 2.12. The zero-order valence-electron chi connectivity index (χ0n) is 11.5. The molecule has 0 unspecified atom stereocenters. The number of nitrogens with zero attached hydrogens (tertiary/aromatic N) is 2. The van der Waals surface area contributed by atoms with E-state index in [4.69, 9.17) is 11.6 Å². The van der Waals surface area contributed by atoms with Crippen molar-refractivity contribution >= 4 is 29.3 Å². The van der Waals surface area contributed by atoms with Gasteiger partial charge in [-0.15, -0.1) is 16.9 Å². The van der Waals surface area contributed by atoms with Crippen LogP contribution in [-0.4, -0.2) is 33.6 Å². The van der Waals surface area contributed by atoms with Crippen LogP contribution in [0.4, 0.5) is 0 Å². The van der Waals surface area contributed by atoms with E-state index >= 15 is 0 Å². The molecule has 0 saturated heterocycles. The van der Waals surface area contributed by atoms with Crippen LogP contribution in [0.1, 0.15) is 18.4 Å². The molecule has 1 aromatic carbocycles. The maximum atomic E-state index is 11.7. The average molecular weight is 325 g/mol. The summed E-state index contributed by atoms with van der Waals surface area (Å²) in [5, 5.41) is 14.7. The van der Waals surface area contributed by atoms with Gasteiger partial charge in [-0.05, 0) is 30.5 Å². The van der Waals surface area contributed by atoms with Crippen molar-refractivity contribution in [3.63, 3.8) is 0 Å². The summed E-state index contributed by atoms with van der Waals surface area (Å²) in [4.78, 5) is 11.7. The number of aromatic amines is 1. The highest BCUT2D eigenvalue weighted by Gasteiger charge is 2.02. The molecule has 2 rings (SSSR count). The maximum absolute atomic E-state index is 11.7. The predicted octanol–water partition coefficient (Wildman–Crippen LogP) is 2.69. The van der Waals surface area contributed by atoms with Crippen LogP contribution >= 0.6 is 23.4 Å². The Balaban J connectivity index is 1.54. The number of nitrogens with one attached hydrogen (secondary N) is 2. The molecular weight excluding hydrogens is 308 g/mol. The van der Waals surface area contributed by atoms with Crippen molar-refractivity contribution in [1.29, 1.82) is 0 Å². The topological polar surface area (TPSA) is 70.7 Å². The van der Waals surface area contributed by atoms with Gasteiger partial charge in [-0.25, -0.2) is 0 Å². The number of aromatic nitrogens is 3. The smallest absolute Gasteiger partial charge is 0.220 e. The molecule has 0 fully saturated rings. The summed E-state index contributed by atoms with van der Waals surface area (Å²) in [5.41, 5.74) is 1.20. The zero-order chi connectivity index (χ0) is 14.9. The second-order valence-electron chi connectivity index (χ2n) is 4.49. The predicted molar refractivity (Wildman–Crippen MR) is 84.5 cm³/mol. The largest absolute Gasteiger partial charge is 0.355 e. The number of hydrogen-bond donors (Lipinski definition) is 2. The number of amides is 1. The van der Waals surface area contributed by atoms with Crippen LogP contribution < -0.4 is 5.32 Å². The van der Waals surface area contributed by atoms with Gasteiger partial charge in [0, 0.05) is 23.7 Å². The van der Waals surface area contributed by atoms with Gasteiger partial charge >= 0.3 is 0 Å². The molecule has 2 N–H and O–H groups in total. The highest BCUT2D eigenvalue weighted by molar-refractivity contribution is 7.99. The van der Waals surface area contributed by atoms with E-state index < -0.39 is 0 Å². The number of thioether (sulfide) groups is 1. The number of hydrogen-bond acceptors (Lipinski definition) is 4. The third-order valence-electron chi connectivity index (χ3n) is 2.85. The van der Waals surface area contributed by atoms with Crippen LogP contribution in [0, 0.1) is 0 Å². The van der Waals surface area contributed by atoms with Crippen molar-refractivity contribution in [2.45, 2.75) is 24.3 Å². The fraction of sp³-hybridized carbons (Fsp3) is 0.357. The fourth-order valence-corrected chi connectivity index (χ4v) is 2.57. The van der Waals surface area contributed by atoms with E-state index in [9.17, 15) is 4.79 Å². The van der Waals surface area contributed by atoms with Gasteiger partial charge in [0.2, 0.25) is 5.91 Å². The Morgan fingerprint density at radius 1 is 1.33 bits per heavy atom. The average Bonchev–Trinajstić information content (AvgIpc) is 2.99. The Bertz CT molecular complexity index is 545. The van der Waals surface area contributed by atoms with Gasteiger partial charge in [0.05, 0.1) is 6.20 Å². The number of carbonyl (C=O) groups is 1. The summed E-state index contributed by atoms with van der Waals surface area (Å²) in [6.45, 7) is 0.636. The lowest BCUT2D eigenvalue weighted by molar-refractivity contribution is -0.121. The van der Waals surface area contributed by atoms with Crippen molar-refractivity contribution in [2.24, 2.45) is 0 Å². The third kappa shape index (κ3) is 6.18. The molecule has 7 heteroatoms. The number of halogens is 1. The number of H-pyrrole nitrogens is 1. The van der Waals surface area contributed by atoms with Gasteiger partial charge in [0.25, 0.3) is 0 Å². The summed E-state index contributed by atoms with van der Waals surface area (Å²) in [7, 11) is 0. The highest BCUT2D eigenvalue weighted by atomic mass is 35.5.